The van der Waals surface area contributed by atoms with Crippen molar-refractivity contribution in [3.05, 3.63) is 69.7 Å². The molecule has 33 heavy (non-hydrogen) atoms. The second-order valence-electron chi connectivity index (χ2n) is 8.44. The van der Waals surface area contributed by atoms with Gasteiger partial charge in [-0.3, -0.25) is 5.43 Å². The highest BCUT2D eigenvalue weighted by Crippen LogP contribution is 2.29. The maximum absolute atomic E-state index is 11.7. The summed E-state index contributed by atoms with van der Waals surface area (Å²) in [6.07, 6.45) is 1.64. The molecule has 8 heteroatoms. The fourth-order valence-corrected chi connectivity index (χ4v) is 3.87. The minimum Gasteiger partial charge on any atom is -0.493 e. The van der Waals surface area contributed by atoms with Crippen LogP contribution in [0, 0.1) is 6.92 Å². The van der Waals surface area contributed by atoms with Gasteiger partial charge in [-0.1, -0.05) is 56.4 Å². The Morgan fingerprint density at radius 1 is 1.12 bits per heavy atom. The van der Waals surface area contributed by atoms with Gasteiger partial charge < -0.3 is 14.2 Å². The number of anilines is 1. The summed E-state index contributed by atoms with van der Waals surface area (Å²) in [5.74, 6) is 0.858. The predicted molar refractivity (Wildman–Crippen MR) is 132 cm³/mol. The summed E-state index contributed by atoms with van der Waals surface area (Å²) in [6.45, 7) is 8.78. The number of carbonyl (C=O) groups excluding carboxylic acids is 1. The SMILES string of the molecule is COC(=O)c1sc(NN=Cc2ccc(OCc3ccc(C(C)(C)C)cc3)c(OC)c2)nc1C. The van der Waals surface area contributed by atoms with E-state index in [0.29, 0.717) is 33.8 Å². The van der Waals surface area contributed by atoms with E-state index < -0.39 is 5.97 Å². The molecule has 0 radical (unpaired) electrons. The number of hydrogen-bond donors (Lipinski definition) is 1. The molecule has 1 N–H and O–H groups in total. The number of aromatic nitrogens is 1. The van der Waals surface area contributed by atoms with Gasteiger partial charge in [0.15, 0.2) is 11.5 Å². The van der Waals surface area contributed by atoms with Crippen LogP contribution in [-0.2, 0) is 16.8 Å². The number of carbonyl (C=O) groups is 1. The summed E-state index contributed by atoms with van der Waals surface area (Å²) in [6, 6.07) is 14.0. The number of methoxy groups -OCH3 is 2. The van der Waals surface area contributed by atoms with Crippen molar-refractivity contribution in [3.63, 3.8) is 0 Å². The normalized spacial score (nSPS) is 11.5. The molecule has 0 atom stereocenters. The van der Waals surface area contributed by atoms with Crippen molar-refractivity contribution in [1.82, 2.24) is 4.98 Å². The van der Waals surface area contributed by atoms with Crippen molar-refractivity contribution >= 4 is 28.7 Å². The number of hydrazone groups is 1. The zero-order valence-electron chi connectivity index (χ0n) is 19.8. The molecule has 0 aliphatic carbocycles. The Bertz CT molecular complexity index is 1130. The number of nitrogens with zero attached hydrogens (tertiary/aromatic N) is 2. The van der Waals surface area contributed by atoms with E-state index in [0.717, 1.165) is 11.1 Å². The maximum Gasteiger partial charge on any atom is 0.350 e. The van der Waals surface area contributed by atoms with Gasteiger partial charge in [0.2, 0.25) is 5.13 Å². The quantitative estimate of drug-likeness (QED) is 0.265. The van der Waals surface area contributed by atoms with Crippen LogP contribution in [0.2, 0.25) is 0 Å². The molecule has 1 heterocycles. The first kappa shape index (κ1) is 24.3. The van der Waals surface area contributed by atoms with E-state index >= 15 is 0 Å². The standard InChI is InChI=1S/C25H29N3O4S/c1-16-22(23(29)31-6)33-24(27-16)28-26-14-18-9-12-20(21(13-18)30-5)32-15-17-7-10-19(11-8-17)25(2,3)4/h7-14H,15H2,1-6H3,(H,27,28). The van der Waals surface area contributed by atoms with Crippen molar-refractivity contribution in [2.75, 3.05) is 19.6 Å². The van der Waals surface area contributed by atoms with Crippen molar-refractivity contribution in [3.8, 4) is 11.5 Å². The second-order valence-corrected chi connectivity index (χ2v) is 9.44. The Labute approximate surface area is 198 Å². The van der Waals surface area contributed by atoms with Crippen LogP contribution >= 0.6 is 11.3 Å². The molecule has 0 fully saturated rings. The van der Waals surface area contributed by atoms with Crippen LogP contribution < -0.4 is 14.9 Å². The van der Waals surface area contributed by atoms with E-state index in [1.54, 1.807) is 20.2 Å². The third kappa shape index (κ3) is 6.32. The molecule has 2 aromatic carbocycles. The van der Waals surface area contributed by atoms with Crippen molar-refractivity contribution in [2.45, 2.75) is 39.7 Å². The van der Waals surface area contributed by atoms with Gasteiger partial charge in [0, 0.05) is 0 Å². The highest BCUT2D eigenvalue weighted by molar-refractivity contribution is 7.17. The van der Waals surface area contributed by atoms with Crippen LogP contribution in [0.4, 0.5) is 5.13 Å². The van der Waals surface area contributed by atoms with Gasteiger partial charge in [-0.2, -0.15) is 5.10 Å². The summed E-state index contributed by atoms with van der Waals surface area (Å²) >= 11 is 1.19. The lowest BCUT2D eigenvalue weighted by Crippen LogP contribution is -2.10. The first-order valence-electron chi connectivity index (χ1n) is 10.5. The lowest BCUT2D eigenvalue weighted by Gasteiger charge is -2.19. The molecule has 0 spiro atoms. The van der Waals surface area contributed by atoms with E-state index in [9.17, 15) is 4.79 Å². The van der Waals surface area contributed by atoms with Crippen LogP contribution in [0.5, 0.6) is 11.5 Å². The monoisotopic (exact) mass is 467 g/mol. The van der Waals surface area contributed by atoms with E-state index in [-0.39, 0.29) is 5.41 Å². The summed E-state index contributed by atoms with van der Waals surface area (Å²) < 4.78 is 16.2. The Morgan fingerprint density at radius 3 is 2.48 bits per heavy atom. The molecule has 7 nitrogen and oxygen atoms in total. The van der Waals surface area contributed by atoms with Crippen molar-refractivity contribution < 1.29 is 19.0 Å². The Balaban J connectivity index is 1.63. The molecule has 3 rings (SSSR count). The number of rotatable bonds is 8. The fourth-order valence-electron chi connectivity index (χ4n) is 3.03. The number of aryl methyl sites for hydroxylation is 1. The van der Waals surface area contributed by atoms with Crippen molar-refractivity contribution in [2.24, 2.45) is 5.10 Å². The zero-order chi connectivity index (χ0) is 24.0. The average molecular weight is 468 g/mol. The Morgan fingerprint density at radius 2 is 1.85 bits per heavy atom. The number of ether oxygens (including phenoxy) is 3. The molecule has 0 bridgehead atoms. The lowest BCUT2D eigenvalue weighted by atomic mass is 9.87. The third-order valence-electron chi connectivity index (χ3n) is 4.94. The maximum atomic E-state index is 11.7. The molecule has 0 amide bonds. The molecule has 174 valence electrons. The first-order chi connectivity index (χ1) is 15.7. The van der Waals surface area contributed by atoms with Gasteiger partial charge in [0.25, 0.3) is 0 Å². The third-order valence-corrected chi connectivity index (χ3v) is 5.99. The summed E-state index contributed by atoms with van der Waals surface area (Å²) in [5.41, 5.74) is 6.76. The van der Waals surface area contributed by atoms with E-state index in [2.05, 4.69) is 60.5 Å². The number of thiazole rings is 1. The first-order valence-corrected chi connectivity index (χ1v) is 11.3. The average Bonchev–Trinajstić information content (AvgIpc) is 3.17. The highest BCUT2D eigenvalue weighted by Gasteiger charge is 2.15. The largest absolute Gasteiger partial charge is 0.493 e. The number of benzene rings is 2. The summed E-state index contributed by atoms with van der Waals surface area (Å²) in [4.78, 5) is 16.4. The van der Waals surface area contributed by atoms with Crippen LogP contribution in [0.1, 0.15) is 52.8 Å². The fraction of sp³-hybridized carbons (Fsp3) is 0.320. The molecule has 0 aliphatic heterocycles. The number of hydrogen-bond acceptors (Lipinski definition) is 8. The topological polar surface area (TPSA) is 82.0 Å². The van der Waals surface area contributed by atoms with E-state index in [4.69, 9.17) is 14.2 Å². The van der Waals surface area contributed by atoms with Crippen molar-refractivity contribution in [1.29, 1.82) is 0 Å². The molecule has 0 aliphatic rings. The van der Waals surface area contributed by atoms with Gasteiger partial charge in [-0.25, -0.2) is 9.78 Å². The molecule has 1 aromatic heterocycles. The van der Waals surface area contributed by atoms with E-state index in [1.807, 2.05) is 18.2 Å². The van der Waals surface area contributed by atoms with Crippen LogP contribution in [0.3, 0.4) is 0 Å². The van der Waals surface area contributed by atoms with Gasteiger partial charge >= 0.3 is 5.97 Å². The van der Waals surface area contributed by atoms with Gasteiger partial charge in [-0.05, 0) is 47.2 Å². The smallest absolute Gasteiger partial charge is 0.350 e. The number of esters is 1. The van der Waals surface area contributed by atoms with Crippen LogP contribution in [0.15, 0.2) is 47.6 Å². The molecular weight excluding hydrogens is 438 g/mol. The molecule has 3 aromatic rings. The zero-order valence-corrected chi connectivity index (χ0v) is 20.6. The minimum atomic E-state index is -0.410. The molecule has 0 saturated heterocycles. The Kier molecular flexibility index (Phi) is 7.71. The highest BCUT2D eigenvalue weighted by atomic mass is 32.1. The van der Waals surface area contributed by atoms with Crippen LogP contribution in [0.25, 0.3) is 0 Å². The molecular formula is C25H29N3O4S. The Hall–Kier alpha value is -3.39. The van der Waals surface area contributed by atoms with Gasteiger partial charge in [0.1, 0.15) is 11.5 Å². The summed E-state index contributed by atoms with van der Waals surface area (Å²) in [5, 5.41) is 4.71. The molecule has 0 unspecified atom stereocenters. The van der Waals surface area contributed by atoms with Gasteiger partial charge in [-0.15, -0.1) is 0 Å². The molecule has 0 saturated carbocycles. The van der Waals surface area contributed by atoms with Crippen LogP contribution in [-0.4, -0.2) is 31.4 Å². The minimum absolute atomic E-state index is 0.122. The predicted octanol–water partition coefficient (Wildman–Crippen LogP) is 5.57. The summed E-state index contributed by atoms with van der Waals surface area (Å²) in [7, 11) is 2.95. The van der Waals surface area contributed by atoms with E-state index in [1.165, 1.54) is 24.0 Å². The number of nitrogens with one attached hydrogen (secondary N) is 1. The van der Waals surface area contributed by atoms with Gasteiger partial charge in [0.05, 0.1) is 26.1 Å². The second kappa shape index (κ2) is 10.5. The lowest BCUT2D eigenvalue weighted by molar-refractivity contribution is 0.0605.